The third-order valence-electron chi connectivity index (χ3n) is 0.616. The first-order chi connectivity index (χ1) is 3.62. The fourth-order valence-corrected chi connectivity index (χ4v) is 0.763. The monoisotopic (exact) mass is 139 g/mol. The Morgan fingerprint density at radius 1 is 1.88 bits per heavy atom. The molecule has 4 nitrogen and oxygen atoms in total. The summed E-state index contributed by atoms with van der Waals surface area (Å²) in [6.45, 7) is 0. The molecule has 0 heterocycles. The predicted octanol–water partition coefficient (Wildman–Crippen LogP) is -0.223. The smallest absolute Gasteiger partial charge is 0.238 e. The van der Waals surface area contributed by atoms with Crippen molar-refractivity contribution in [1.82, 2.24) is 0 Å². The van der Waals surface area contributed by atoms with Crippen molar-refractivity contribution >= 4 is 7.37 Å². The first kappa shape index (κ1) is 8.11. The van der Waals surface area contributed by atoms with Gasteiger partial charge in [0.05, 0.1) is 6.29 Å². The molecule has 0 saturated heterocycles. The van der Waals surface area contributed by atoms with Crippen molar-refractivity contribution in [3.8, 4) is 0 Å². The van der Waals surface area contributed by atoms with E-state index in [1.807, 2.05) is 0 Å². The first-order valence-electron chi connectivity index (χ1n) is 2.12. The van der Waals surface area contributed by atoms with Crippen LogP contribution in [0, 0.1) is 0 Å². The zero-order chi connectivity index (χ0) is 6.62. The average Bonchev–Trinajstić information content (AvgIpc) is 1.67. The van der Waals surface area contributed by atoms with E-state index in [2.05, 4.69) is 4.74 Å². The molecule has 0 fully saturated rings. The van der Waals surface area contributed by atoms with Gasteiger partial charge < -0.3 is 15.4 Å². The van der Waals surface area contributed by atoms with Gasteiger partial charge in [-0.1, -0.05) is 0 Å². The molecule has 0 bridgehead atoms. The van der Waals surface area contributed by atoms with E-state index in [4.69, 9.17) is 10.6 Å². The summed E-state index contributed by atoms with van der Waals surface area (Å²) in [5.41, 5.74) is 4.90. The van der Waals surface area contributed by atoms with Crippen LogP contribution in [0.5, 0.6) is 0 Å². The van der Waals surface area contributed by atoms with Crippen LogP contribution in [0.25, 0.3) is 0 Å². The molecule has 0 rings (SSSR count). The Hall–Kier alpha value is 0.110. The molecule has 0 aromatic heterocycles. The van der Waals surface area contributed by atoms with Gasteiger partial charge >= 0.3 is 0 Å². The van der Waals surface area contributed by atoms with E-state index in [0.29, 0.717) is 0 Å². The minimum absolute atomic E-state index is 0.149. The van der Waals surface area contributed by atoms with Crippen LogP contribution in [0.2, 0.25) is 0 Å². The van der Waals surface area contributed by atoms with E-state index < -0.39 is 7.37 Å². The minimum atomic E-state index is -3.12. The van der Waals surface area contributed by atoms with Gasteiger partial charge in [0.25, 0.3) is 0 Å². The molecule has 0 aromatic carbocycles. The molecule has 1 unspecified atom stereocenters. The lowest BCUT2D eigenvalue weighted by Crippen LogP contribution is -2.03. The molecule has 0 spiro atoms. The molecule has 5 heteroatoms. The van der Waals surface area contributed by atoms with Gasteiger partial charge in [-0.2, -0.15) is 0 Å². The van der Waals surface area contributed by atoms with Gasteiger partial charge in [0.2, 0.25) is 7.37 Å². The van der Waals surface area contributed by atoms with Crippen LogP contribution in [-0.2, 0) is 9.30 Å². The number of hydrogen-bond acceptors (Lipinski definition) is 3. The zero-order valence-electron chi connectivity index (χ0n) is 4.70. The minimum Gasteiger partial charge on any atom is -0.375 e. The van der Waals surface area contributed by atoms with Gasteiger partial charge in [-0.05, 0) is 0 Å². The van der Waals surface area contributed by atoms with Crippen molar-refractivity contribution in [2.24, 2.45) is 5.73 Å². The van der Waals surface area contributed by atoms with Crippen LogP contribution in [0.4, 0.5) is 0 Å². The zero-order valence-corrected chi connectivity index (χ0v) is 5.60. The molecular weight excluding hydrogens is 129 g/mol. The SMILES string of the molecule is COCP(=O)(O)CN. The van der Waals surface area contributed by atoms with Crippen LogP contribution in [0.3, 0.4) is 0 Å². The quantitative estimate of drug-likeness (QED) is 0.530. The molecular formula is C3H10NO3P. The Labute approximate surface area is 48.1 Å². The van der Waals surface area contributed by atoms with Crippen molar-refractivity contribution in [2.75, 3.05) is 19.7 Å². The van der Waals surface area contributed by atoms with Crippen molar-refractivity contribution in [1.29, 1.82) is 0 Å². The van der Waals surface area contributed by atoms with Crippen LogP contribution in [0.15, 0.2) is 0 Å². The Morgan fingerprint density at radius 2 is 2.38 bits per heavy atom. The Kier molecular flexibility index (Phi) is 3.24. The molecule has 1 atom stereocenters. The van der Waals surface area contributed by atoms with Gasteiger partial charge in [-0.25, -0.2) is 0 Å². The van der Waals surface area contributed by atoms with Crippen molar-refractivity contribution in [3.05, 3.63) is 0 Å². The molecule has 3 N–H and O–H groups in total. The van der Waals surface area contributed by atoms with Crippen LogP contribution in [0.1, 0.15) is 0 Å². The molecule has 0 aliphatic heterocycles. The van der Waals surface area contributed by atoms with E-state index in [1.54, 1.807) is 0 Å². The lowest BCUT2D eigenvalue weighted by Gasteiger charge is -2.04. The second-order valence-corrected chi connectivity index (χ2v) is 3.76. The Morgan fingerprint density at radius 3 is 2.50 bits per heavy atom. The largest absolute Gasteiger partial charge is 0.375 e. The fourth-order valence-electron chi connectivity index (χ4n) is 0.254. The highest BCUT2D eigenvalue weighted by Gasteiger charge is 2.13. The van der Waals surface area contributed by atoms with Gasteiger partial charge in [0.1, 0.15) is 6.35 Å². The van der Waals surface area contributed by atoms with Crippen LogP contribution >= 0.6 is 7.37 Å². The van der Waals surface area contributed by atoms with Crippen molar-refractivity contribution in [2.45, 2.75) is 0 Å². The summed E-state index contributed by atoms with van der Waals surface area (Å²) in [5.74, 6) is 0. The van der Waals surface area contributed by atoms with Gasteiger partial charge in [-0.15, -0.1) is 0 Å². The summed E-state index contributed by atoms with van der Waals surface area (Å²) >= 11 is 0. The summed E-state index contributed by atoms with van der Waals surface area (Å²) in [6.07, 6.45) is -0.357. The van der Waals surface area contributed by atoms with E-state index in [-0.39, 0.29) is 12.6 Å². The topological polar surface area (TPSA) is 72.5 Å². The standard InChI is InChI=1S/C3H10NO3P/c1-7-3-8(5,6)2-4/h2-4H2,1H3,(H,5,6). The number of nitrogens with two attached hydrogens (primary N) is 1. The van der Waals surface area contributed by atoms with Crippen molar-refractivity contribution in [3.63, 3.8) is 0 Å². The lowest BCUT2D eigenvalue weighted by molar-refractivity contribution is 0.237. The maximum atomic E-state index is 10.5. The second-order valence-electron chi connectivity index (χ2n) is 1.45. The average molecular weight is 139 g/mol. The normalized spacial score (nSPS) is 17.9. The molecule has 0 aliphatic rings. The summed E-state index contributed by atoms with van der Waals surface area (Å²) in [6, 6.07) is 0. The van der Waals surface area contributed by atoms with E-state index >= 15 is 0 Å². The lowest BCUT2D eigenvalue weighted by atomic mass is 11.5. The number of ether oxygens (including phenoxy) is 1. The highest BCUT2D eigenvalue weighted by Crippen LogP contribution is 2.36. The maximum absolute atomic E-state index is 10.5. The van der Waals surface area contributed by atoms with Crippen molar-refractivity contribution < 1.29 is 14.2 Å². The molecule has 50 valence electrons. The summed E-state index contributed by atoms with van der Waals surface area (Å²) in [5, 5.41) is 0. The Bertz CT molecular complexity index is 105. The van der Waals surface area contributed by atoms with Gasteiger partial charge in [-0.3, -0.25) is 4.57 Å². The number of methoxy groups -OCH3 is 1. The summed E-state index contributed by atoms with van der Waals surface area (Å²) in [4.78, 5) is 8.63. The molecule has 0 aliphatic carbocycles. The molecule has 0 aromatic rings. The molecule has 0 saturated carbocycles. The van der Waals surface area contributed by atoms with Gasteiger partial charge in [0.15, 0.2) is 0 Å². The van der Waals surface area contributed by atoms with E-state index in [1.165, 1.54) is 7.11 Å². The molecule has 0 amide bonds. The third kappa shape index (κ3) is 3.16. The van der Waals surface area contributed by atoms with Crippen LogP contribution < -0.4 is 5.73 Å². The summed E-state index contributed by atoms with van der Waals surface area (Å²) in [7, 11) is -1.76. The molecule has 0 radical (unpaired) electrons. The van der Waals surface area contributed by atoms with Crippen LogP contribution in [-0.4, -0.2) is 24.6 Å². The Balaban J connectivity index is 3.55. The fraction of sp³-hybridized carbons (Fsp3) is 1.00. The van der Waals surface area contributed by atoms with E-state index in [9.17, 15) is 4.57 Å². The predicted molar refractivity (Wildman–Crippen MR) is 30.8 cm³/mol. The summed E-state index contributed by atoms with van der Waals surface area (Å²) < 4.78 is 14.9. The highest BCUT2D eigenvalue weighted by molar-refractivity contribution is 7.57. The first-order valence-corrected chi connectivity index (χ1v) is 4.15. The maximum Gasteiger partial charge on any atom is 0.238 e. The van der Waals surface area contributed by atoms with E-state index in [0.717, 1.165) is 0 Å². The number of hydrogen-bond donors (Lipinski definition) is 2. The van der Waals surface area contributed by atoms with Gasteiger partial charge in [0, 0.05) is 7.11 Å². The second kappa shape index (κ2) is 3.20. The highest BCUT2D eigenvalue weighted by atomic mass is 31.2. The molecule has 8 heavy (non-hydrogen) atoms. The number of rotatable bonds is 3. The third-order valence-corrected chi connectivity index (χ3v) is 1.85.